The summed E-state index contributed by atoms with van der Waals surface area (Å²) in [5, 5.41) is 44.7. The number of hydrogen-bond acceptors (Lipinski definition) is 8. The van der Waals surface area contributed by atoms with Gasteiger partial charge in [-0.25, -0.2) is 4.79 Å². The van der Waals surface area contributed by atoms with Gasteiger partial charge in [0.1, 0.15) is 48.5 Å². The molecule has 1 saturated heterocycles. The molecule has 212 valence electrons. The SMILES string of the molecule is CC(C)(C)OC(=O)NCCOc1ccc(Cn2cc([C@@H]3O[C@H](CO)[C@@H](O)[C@H](O)[C@H]3O)c3cccc(Cl)c32)cc1. The summed E-state index contributed by atoms with van der Waals surface area (Å²) in [4.78, 5) is 11.7. The van der Waals surface area contributed by atoms with Gasteiger partial charge in [0.05, 0.1) is 23.7 Å². The van der Waals surface area contributed by atoms with E-state index < -0.39 is 48.8 Å². The van der Waals surface area contributed by atoms with Gasteiger partial charge >= 0.3 is 6.09 Å². The maximum absolute atomic E-state index is 11.7. The van der Waals surface area contributed by atoms with Crippen molar-refractivity contribution < 1.29 is 39.4 Å². The van der Waals surface area contributed by atoms with Crippen LogP contribution in [-0.4, -0.2) is 80.9 Å². The average molecular weight is 563 g/mol. The molecule has 3 aromatic rings. The molecule has 1 aliphatic heterocycles. The predicted octanol–water partition coefficient (Wildman–Crippen LogP) is 2.76. The molecule has 10 nitrogen and oxygen atoms in total. The largest absolute Gasteiger partial charge is 0.492 e. The van der Waals surface area contributed by atoms with Gasteiger partial charge in [-0.2, -0.15) is 0 Å². The van der Waals surface area contributed by atoms with Crippen molar-refractivity contribution in [3.63, 3.8) is 0 Å². The van der Waals surface area contributed by atoms with Gasteiger partial charge in [0, 0.05) is 23.7 Å². The number of para-hydroxylation sites is 1. The maximum Gasteiger partial charge on any atom is 0.407 e. The number of nitrogens with zero attached hydrogens (tertiary/aromatic N) is 1. The third kappa shape index (κ3) is 6.84. The highest BCUT2D eigenvalue weighted by molar-refractivity contribution is 6.35. The average Bonchev–Trinajstić information content (AvgIpc) is 3.24. The lowest BCUT2D eigenvalue weighted by molar-refractivity contribution is -0.231. The molecular weight excluding hydrogens is 528 g/mol. The van der Waals surface area contributed by atoms with Crippen molar-refractivity contribution in [3.8, 4) is 5.75 Å². The van der Waals surface area contributed by atoms with Crippen LogP contribution in [0.25, 0.3) is 10.9 Å². The van der Waals surface area contributed by atoms with E-state index in [1.54, 1.807) is 39.1 Å². The highest BCUT2D eigenvalue weighted by atomic mass is 35.5. The summed E-state index contributed by atoms with van der Waals surface area (Å²) in [5.41, 5.74) is 1.69. The van der Waals surface area contributed by atoms with Crippen LogP contribution in [0.4, 0.5) is 4.79 Å². The second kappa shape index (κ2) is 12.1. The van der Waals surface area contributed by atoms with Crippen molar-refractivity contribution in [3.05, 3.63) is 64.8 Å². The zero-order chi connectivity index (χ0) is 28.3. The van der Waals surface area contributed by atoms with E-state index in [0.29, 0.717) is 29.4 Å². The first kappa shape index (κ1) is 29.1. The van der Waals surface area contributed by atoms with Crippen molar-refractivity contribution in [2.75, 3.05) is 19.8 Å². The molecule has 1 aliphatic rings. The molecule has 11 heteroatoms. The Bertz CT molecular complexity index is 1270. The third-order valence-corrected chi connectivity index (χ3v) is 6.70. The fourth-order valence-corrected chi connectivity index (χ4v) is 4.86. The Balaban J connectivity index is 1.47. The lowest BCUT2D eigenvalue weighted by Crippen LogP contribution is -2.55. The van der Waals surface area contributed by atoms with Gasteiger partial charge < -0.3 is 44.5 Å². The van der Waals surface area contributed by atoms with Gasteiger partial charge in [0.25, 0.3) is 0 Å². The number of aliphatic hydroxyl groups excluding tert-OH is 4. The molecule has 1 fully saturated rings. The number of benzene rings is 2. The fraction of sp³-hybridized carbons (Fsp3) is 0.464. The molecule has 1 aromatic heterocycles. The number of carbonyl (C=O) groups is 1. The van der Waals surface area contributed by atoms with Gasteiger partial charge in [0.15, 0.2) is 0 Å². The van der Waals surface area contributed by atoms with E-state index >= 15 is 0 Å². The molecule has 0 saturated carbocycles. The van der Waals surface area contributed by atoms with E-state index in [1.165, 1.54) is 0 Å². The number of fused-ring (bicyclic) bond motifs is 1. The van der Waals surface area contributed by atoms with Crippen LogP contribution < -0.4 is 10.1 Å². The summed E-state index contributed by atoms with van der Waals surface area (Å²) in [6.07, 6.45) is -5.01. The molecule has 5 atom stereocenters. The van der Waals surface area contributed by atoms with Crippen LogP contribution in [0.2, 0.25) is 5.02 Å². The first-order valence-electron chi connectivity index (χ1n) is 12.7. The minimum atomic E-state index is -1.48. The highest BCUT2D eigenvalue weighted by Crippen LogP contribution is 2.39. The van der Waals surface area contributed by atoms with E-state index in [-0.39, 0.29) is 6.61 Å². The second-order valence-electron chi connectivity index (χ2n) is 10.5. The minimum Gasteiger partial charge on any atom is -0.492 e. The van der Waals surface area contributed by atoms with Crippen molar-refractivity contribution in [2.45, 2.75) is 63.4 Å². The van der Waals surface area contributed by atoms with Crippen LogP contribution in [0.3, 0.4) is 0 Å². The number of aromatic nitrogens is 1. The molecule has 39 heavy (non-hydrogen) atoms. The standard InChI is InChI=1S/C28H35ClN2O8/c1-28(2,3)39-27(36)30-11-12-37-17-9-7-16(8-10-17)13-31-14-19(18-5-4-6-20(29)22(18)31)26-25(35)24(34)23(33)21(15-32)38-26/h4-10,14,21,23-26,32-35H,11-13,15H2,1-3H3,(H,30,36)/t21-,23-,24+,25-,26+/m1/s1. The van der Waals surface area contributed by atoms with E-state index in [1.807, 2.05) is 34.9 Å². The van der Waals surface area contributed by atoms with Crippen LogP contribution in [0.5, 0.6) is 5.75 Å². The molecule has 2 aromatic carbocycles. The molecule has 0 spiro atoms. The Morgan fingerprint density at radius 1 is 1.08 bits per heavy atom. The normalized spacial score (nSPS) is 23.5. The summed E-state index contributed by atoms with van der Waals surface area (Å²) < 4.78 is 18.6. The molecule has 0 aliphatic carbocycles. The molecule has 2 heterocycles. The summed E-state index contributed by atoms with van der Waals surface area (Å²) in [6.45, 7) is 5.90. The van der Waals surface area contributed by atoms with Gasteiger partial charge in [0.2, 0.25) is 0 Å². The predicted molar refractivity (Wildman–Crippen MR) is 145 cm³/mol. The van der Waals surface area contributed by atoms with Crippen molar-refractivity contribution >= 4 is 28.6 Å². The number of hydrogen-bond donors (Lipinski definition) is 5. The quantitative estimate of drug-likeness (QED) is 0.264. The zero-order valence-electron chi connectivity index (χ0n) is 22.1. The smallest absolute Gasteiger partial charge is 0.407 e. The van der Waals surface area contributed by atoms with Crippen LogP contribution in [0.15, 0.2) is 48.7 Å². The van der Waals surface area contributed by atoms with Crippen LogP contribution in [0.1, 0.15) is 38.0 Å². The van der Waals surface area contributed by atoms with Gasteiger partial charge in [-0.1, -0.05) is 35.9 Å². The van der Waals surface area contributed by atoms with E-state index in [4.69, 9.17) is 25.8 Å². The Hall–Kier alpha value is -2.86. The van der Waals surface area contributed by atoms with Crippen molar-refractivity contribution in [1.82, 2.24) is 9.88 Å². The molecule has 5 N–H and O–H groups in total. The Morgan fingerprint density at radius 3 is 2.46 bits per heavy atom. The van der Waals surface area contributed by atoms with Crippen molar-refractivity contribution in [1.29, 1.82) is 0 Å². The van der Waals surface area contributed by atoms with Crippen molar-refractivity contribution in [2.24, 2.45) is 0 Å². The number of nitrogens with one attached hydrogen (secondary N) is 1. The van der Waals surface area contributed by atoms with Crippen LogP contribution in [0, 0.1) is 0 Å². The first-order chi connectivity index (χ1) is 18.5. The Morgan fingerprint density at radius 2 is 1.79 bits per heavy atom. The molecule has 0 radical (unpaired) electrons. The number of aliphatic hydroxyl groups is 4. The minimum absolute atomic E-state index is 0.277. The Labute approximate surface area is 231 Å². The zero-order valence-corrected chi connectivity index (χ0v) is 22.8. The highest BCUT2D eigenvalue weighted by Gasteiger charge is 2.44. The third-order valence-electron chi connectivity index (χ3n) is 6.39. The lowest BCUT2D eigenvalue weighted by atomic mass is 9.91. The van der Waals surface area contributed by atoms with E-state index in [0.717, 1.165) is 16.5 Å². The summed E-state index contributed by atoms with van der Waals surface area (Å²) in [6, 6.07) is 12.9. The van der Waals surface area contributed by atoms with E-state index in [9.17, 15) is 25.2 Å². The molecule has 0 bridgehead atoms. The van der Waals surface area contributed by atoms with Gasteiger partial charge in [-0.05, 0) is 44.5 Å². The lowest BCUT2D eigenvalue weighted by Gasteiger charge is -2.40. The monoisotopic (exact) mass is 562 g/mol. The molecule has 1 amide bonds. The number of amides is 1. The molecule has 4 rings (SSSR count). The number of halogens is 1. The van der Waals surface area contributed by atoms with Crippen LogP contribution in [-0.2, 0) is 16.0 Å². The summed E-state index contributed by atoms with van der Waals surface area (Å²) in [5.74, 6) is 0.641. The number of rotatable bonds is 8. The maximum atomic E-state index is 11.7. The molecular formula is C28H35ClN2O8. The first-order valence-corrected chi connectivity index (χ1v) is 13.1. The number of carbonyl (C=O) groups excluding carboxylic acids is 1. The Kier molecular flexibility index (Phi) is 9.05. The molecule has 0 unspecified atom stereocenters. The van der Waals surface area contributed by atoms with Gasteiger partial charge in [-0.15, -0.1) is 0 Å². The summed E-state index contributed by atoms with van der Waals surface area (Å²) >= 11 is 6.57. The number of alkyl carbamates (subject to hydrolysis) is 1. The van der Waals surface area contributed by atoms with E-state index in [2.05, 4.69) is 5.32 Å². The fourth-order valence-electron chi connectivity index (χ4n) is 4.58. The summed E-state index contributed by atoms with van der Waals surface area (Å²) in [7, 11) is 0. The van der Waals surface area contributed by atoms with Crippen LogP contribution >= 0.6 is 11.6 Å². The topological polar surface area (TPSA) is 143 Å². The second-order valence-corrected chi connectivity index (χ2v) is 10.9. The van der Waals surface area contributed by atoms with Gasteiger partial charge in [-0.3, -0.25) is 0 Å². The number of ether oxygens (including phenoxy) is 3.